The van der Waals surface area contributed by atoms with Crippen molar-refractivity contribution in [2.45, 2.75) is 46.1 Å². The minimum atomic E-state index is 0.327. The third kappa shape index (κ3) is 2.21. The molecular weight excluding hydrogens is 184 g/mol. The van der Waals surface area contributed by atoms with E-state index >= 15 is 0 Å². The fourth-order valence-electron chi connectivity index (χ4n) is 3.58. The SMILES string of the molecule is CC(C)(C)C(CN)N1CC2CCCC2C1. The van der Waals surface area contributed by atoms with E-state index in [1.165, 1.54) is 32.4 Å². The normalized spacial score (nSPS) is 34.4. The molecule has 0 amide bonds. The van der Waals surface area contributed by atoms with Gasteiger partial charge < -0.3 is 5.73 Å². The van der Waals surface area contributed by atoms with Crippen LogP contribution >= 0.6 is 0 Å². The minimum absolute atomic E-state index is 0.327. The molecule has 1 saturated heterocycles. The van der Waals surface area contributed by atoms with Crippen molar-refractivity contribution in [3.05, 3.63) is 0 Å². The van der Waals surface area contributed by atoms with Crippen LogP contribution in [0.2, 0.25) is 0 Å². The van der Waals surface area contributed by atoms with Gasteiger partial charge in [0.2, 0.25) is 0 Å². The number of hydrogen-bond donors (Lipinski definition) is 1. The van der Waals surface area contributed by atoms with Crippen molar-refractivity contribution in [2.24, 2.45) is 23.0 Å². The molecule has 15 heavy (non-hydrogen) atoms. The fraction of sp³-hybridized carbons (Fsp3) is 1.00. The fourth-order valence-corrected chi connectivity index (χ4v) is 3.58. The first-order valence-corrected chi connectivity index (χ1v) is 6.46. The third-order valence-electron chi connectivity index (χ3n) is 4.42. The van der Waals surface area contributed by atoms with Gasteiger partial charge in [0.1, 0.15) is 0 Å². The maximum Gasteiger partial charge on any atom is 0.0267 e. The van der Waals surface area contributed by atoms with Gasteiger partial charge in [0, 0.05) is 25.7 Å². The molecule has 0 radical (unpaired) electrons. The van der Waals surface area contributed by atoms with E-state index < -0.39 is 0 Å². The highest BCUT2D eigenvalue weighted by Crippen LogP contribution is 2.40. The molecule has 2 aliphatic rings. The van der Waals surface area contributed by atoms with Gasteiger partial charge in [0.15, 0.2) is 0 Å². The predicted octanol–water partition coefficient (Wildman–Crippen LogP) is 2.09. The van der Waals surface area contributed by atoms with Gasteiger partial charge in [0.05, 0.1) is 0 Å². The Morgan fingerprint density at radius 3 is 2.13 bits per heavy atom. The van der Waals surface area contributed by atoms with Crippen LogP contribution in [0.3, 0.4) is 0 Å². The van der Waals surface area contributed by atoms with Crippen LogP contribution in [0.5, 0.6) is 0 Å². The topological polar surface area (TPSA) is 29.3 Å². The summed E-state index contributed by atoms with van der Waals surface area (Å²) in [5.74, 6) is 1.97. The molecule has 1 heterocycles. The largest absolute Gasteiger partial charge is 0.329 e. The van der Waals surface area contributed by atoms with E-state index in [0.717, 1.165) is 18.4 Å². The molecule has 1 aliphatic carbocycles. The Hall–Kier alpha value is -0.0800. The van der Waals surface area contributed by atoms with Gasteiger partial charge >= 0.3 is 0 Å². The zero-order valence-electron chi connectivity index (χ0n) is 10.5. The summed E-state index contributed by atoms with van der Waals surface area (Å²) in [5.41, 5.74) is 6.27. The van der Waals surface area contributed by atoms with Crippen LogP contribution in [0.4, 0.5) is 0 Å². The van der Waals surface area contributed by atoms with Crippen molar-refractivity contribution in [1.29, 1.82) is 0 Å². The number of nitrogens with zero attached hydrogens (tertiary/aromatic N) is 1. The molecule has 2 fully saturated rings. The maximum absolute atomic E-state index is 5.95. The molecule has 0 bridgehead atoms. The van der Waals surface area contributed by atoms with Crippen molar-refractivity contribution in [3.63, 3.8) is 0 Å². The van der Waals surface area contributed by atoms with Crippen molar-refractivity contribution in [2.75, 3.05) is 19.6 Å². The van der Waals surface area contributed by atoms with Crippen LogP contribution in [0.25, 0.3) is 0 Å². The Kier molecular flexibility index (Phi) is 3.09. The summed E-state index contributed by atoms with van der Waals surface area (Å²) >= 11 is 0. The predicted molar refractivity (Wildman–Crippen MR) is 64.7 cm³/mol. The molecule has 2 nitrogen and oxygen atoms in total. The number of likely N-dealkylation sites (tertiary alicyclic amines) is 1. The molecule has 0 aromatic heterocycles. The van der Waals surface area contributed by atoms with Crippen LogP contribution in [0.1, 0.15) is 40.0 Å². The third-order valence-corrected chi connectivity index (χ3v) is 4.42. The Morgan fingerprint density at radius 2 is 1.73 bits per heavy atom. The Balaban J connectivity index is 2.00. The summed E-state index contributed by atoms with van der Waals surface area (Å²) in [6.07, 6.45) is 4.39. The molecule has 2 rings (SSSR count). The molecular formula is C13H26N2. The molecule has 2 heteroatoms. The number of nitrogens with two attached hydrogens (primary N) is 1. The average Bonchev–Trinajstić information content (AvgIpc) is 2.61. The Bertz CT molecular complexity index is 207. The standard InChI is InChI=1S/C13H26N2/c1-13(2,3)12(7-14)15-8-10-5-4-6-11(10)9-15/h10-12H,4-9,14H2,1-3H3. The van der Waals surface area contributed by atoms with E-state index in [4.69, 9.17) is 5.73 Å². The van der Waals surface area contributed by atoms with Crippen molar-refractivity contribution in [3.8, 4) is 0 Å². The van der Waals surface area contributed by atoms with E-state index in [0.29, 0.717) is 11.5 Å². The van der Waals surface area contributed by atoms with Crippen molar-refractivity contribution in [1.82, 2.24) is 4.90 Å². The van der Waals surface area contributed by atoms with Crippen LogP contribution in [-0.2, 0) is 0 Å². The summed E-state index contributed by atoms with van der Waals surface area (Å²) in [4.78, 5) is 2.66. The summed E-state index contributed by atoms with van der Waals surface area (Å²) in [7, 11) is 0. The first-order chi connectivity index (χ1) is 7.02. The van der Waals surface area contributed by atoms with Crippen LogP contribution in [-0.4, -0.2) is 30.6 Å². The molecule has 3 unspecified atom stereocenters. The monoisotopic (exact) mass is 210 g/mol. The van der Waals surface area contributed by atoms with Crippen LogP contribution in [0.15, 0.2) is 0 Å². The van der Waals surface area contributed by atoms with Crippen molar-refractivity contribution >= 4 is 0 Å². The quantitative estimate of drug-likeness (QED) is 0.756. The van der Waals surface area contributed by atoms with Gasteiger partial charge in [-0.2, -0.15) is 0 Å². The maximum atomic E-state index is 5.95. The first-order valence-electron chi connectivity index (χ1n) is 6.46. The highest BCUT2D eigenvalue weighted by Gasteiger charge is 2.41. The van der Waals surface area contributed by atoms with E-state index in [1.54, 1.807) is 0 Å². The molecule has 2 N–H and O–H groups in total. The van der Waals surface area contributed by atoms with Gasteiger partial charge in [-0.3, -0.25) is 4.90 Å². The van der Waals surface area contributed by atoms with E-state index in [9.17, 15) is 0 Å². The minimum Gasteiger partial charge on any atom is -0.329 e. The van der Waals surface area contributed by atoms with E-state index in [-0.39, 0.29) is 0 Å². The molecule has 1 aliphatic heterocycles. The Labute approximate surface area is 94.2 Å². The van der Waals surface area contributed by atoms with Gasteiger partial charge in [0.25, 0.3) is 0 Å². The smallest absolute Gasteiger partial charge is 0.0267 e. The second-order valence-corrected chi connectivity index (χ2v) is 6.52. The lowest BCUT2D eigenvalue weighted by molar-refractivity contribution is 0.121. The van der Waals surface area contributed by atoms with Gasteiger partial charge in [-0.1, -0.05) is 27.2 Å². The molecule has 0 spiro atoms. The molecule has 0 aromatic rings. The number of rotatable bonds is 2. The molecule has 0 aromatic carbocycles. The summed E-state index contributed by atoms with van der Waals surface area (Å²) in [5, 5.41) is 0. The molecule has 1 saturated carbocycles. The van der Waals surface area contributed by atoms with E-state index in [2.05, 4.69) is 25.7 Å². The van der Waals surface area contributed by atoms with Crippen molar-refractivity contribution < 1.29 is 0 Å². The lowest BCUT2D eigenvalue weighted by atomic mass is 9.85. The van der Waals surface area contributed by atoms with Crippen LogP contribution in [0, 0.1) is 17.3 Å². The highest BCUT2D eigenvalue weighted by molar-refractivity contribution is 4.94. The number of hydrogen-bond acceptors (Lipinski definition) is 2. The molecule has 88 valence electrons. The zero-order valence-corrected chi connectivity index (χ0v) is 10.5. The van der Waals surface area contributed by atoms with Gasteiger partial charge in [-0.05, 0) is 30.1 Å². The second kappa shape index (κ2) is 4.06. The zero-order chi connectivity index (χ0) is 11.1. The summed E-state index contributed by atoms with van der Waals surface area (Å²) in [6, 6.07) is 0.572. The summed E-state index contributed by atoms with van der Waals surface area (Å²) < 4.78 is 0. The summed E-state index contributed by atoms with van der Waals surface area (Å²) in [6.45, 7) is 10.4. The molecule has 3 atom stereocenters. The van der Waals surface area contributed by atoms with Gasteiger partial charge in [-0.25, -0.2) is 0 Å². The van der Waals surface area contributed by atoms with E-state index in [1.807, 2.05) is 0 Å². The number of fused-ring (bicyclic) bond motifs is 1. The Morgan fingerprint density at radius 1 is 1.20 bits per heavy atom. The van der Waals surface area contributed by atoms with Gasteiger partial charge in [-0.15, -0.1) is 0 Å². The van der Waals surface area contributed by atoms with Crippen LogP contribution < -0.4 is 5.73 Å². The highest BCUT2D eigenvalue weighted by atomic mass is 15.2. The average molecular weight is 210 g/mol. The first kappa shape index (κ1) is 11.4. The lowest BCUT2D eigenvalue weighted by Gasteiger charge is -2.37. The lowest BCUT2D eigenvalue weighted by Crippen LogP contribution is -2.48. The second-order valence-electron chi connectivity index (χ2n) is 6.52.